The second-order valence-electron chi connectivity index (χ2n) is 6.77. The number of methoxy groups -OCH3 is 2. The van der Waals surface area contributed by atoms with Gasteiger partial charge in [0.1, 0.15) is 11.5 Å². The van der Waals surface area contributed by atoms with Gasteiger partial charge in [-0.2, -0.15) is 10.2 Å². The molecule has 35 heavy (non-hydrogen) atoms. The summed E-state index contributed by atoms with van der Waals surface area (Å²) in [6, 6.07) is 13.5. The molecule has 3 aromatic rings. The quantitative estimate of drug-likeness (QED) is 0.224. The average Bonchev–Trinajstić information content (AvgIpc) is 3.25. The van der Waals surface area contributed by atoms with Crippen molar-refractivity contribution in [1.82, 2.24) is 10.9 Å². The SMILES string of the molecule is COc1ccc(C(=O)N/N=C/c2c(SC)sc(SC)c2/C=N/NC(=O)c2ccc(OC)cc2)cc1. The van der Waals surface area contributed by atoms with Gasteiger partial charge in [0.25, 0.3) is 11.8 Å². The number of thiophene rings is 1. The molecule has 0 aliphatic rings. The zero-order valence-electron chi connectivity index (χ0n) is 19.5. The number of nitrogens with zero attached hydrogens (tertiary/aromatic N) is 2. The summed E-state index contributed by atoms with van der Waals surface area (Å²) >= 11 is 4.74. The number of ether oxygens (including phenoxy) is 2. The Balaban J connectivity index is 1.74. The summed E-state index contributed by atoms with van der Waals surface area (Å²) in [6.45, 7) is 0. The number of benzene rings is 2. The van der Waals surface area contributed by atoms with Crippen molar-refractivity contribution in [1.29, 1.82) is 0 Å². The maximum atomic E-state index is 12.4. The van der Waals surface area contributed by atoms with Crippen LogP contribution < -0.4 is 20.3 Å². The van der Waals surface area contributed by atoms with Crippen molar-refractivity contribution in [2.45, 2.75) is 8.42 Å². The summed E-state index contributed by atoms with van der Waals surface area (Å²) in [5.41, 5.74) is 7.65. The molecule has 1 heterocycles. The molecular weight excluding hydrogens is 504 g/mol. The number of carbonyl (C=O) groups is 2. The standard InChI is InChI=1S/C24H24N4O4S3/c1-31-17-9-5-15(6-10-17)21(29)27-25-13-19-20(24(34-4)35-23(19)33-3)14-26-28-22(30)16-7-11-18(32-2)12-8-16/h5-14H,1-4H3,(H,27,29)(H,28,30)/b25-13+,26-14+. The summed E-state index contributed by atoms with van der Waals surface area (Å²) in [4.78, 5) is 24.8. The number of carbonyl (C=O) groups excluding carboxylic acids is 2. The van der Waals surface area contributed by atoms with Crippen molar-refractivity contribution in [2.24, 2.45) is 10.2 Å². The molecule has 0 radical (unpaired) electrons. The van der Waals surface area contributed by atoms with Crippen LogP contribution in [0.2, 0.25) is 0 Å². The van der Waals surface area contributed by atoms with E-state index < -0.39 is 0 Å². The maximum Gasteiger partial charge on any atom is 0.271 e. The van der Waals surface area contributed by atoms with E-state index in [0.717, 1.165) is 19.5 Å². The molecule has 182 valence electrons. The van der Waals surface area contributed by atoms with Crippen LogP contribution in [0.4, 0.5) is 0 Å². The summed E-state index contributed by atoms with van der Waals surface area (Å²) in [5.74, 6) is 0.662. The minimum absolute atomic E-state index is 0.336. The highest BCUT2D eigenvalue weighted by atomic mass is 32.2. The van der Waals surface area contributed by atoms with Crippen LogP contribution in [0.15, 0.2) is 67.2 Å². The molecule has 0 saturated heterocycles. The molecule has 3 rings (SSSR count). The Morgan fingerprint density at radius 2 is 1.11 bits per heavy atom. The largest absolute Gasteiger partial charge is 0.497 e. The Bertz CT molecular complexity index is 1130. The van der Waals surface area contributed by atoms with Crippen molar-refractivity contribution < 1.29 is 19.1 Å². The molecule has 0 aliphatic carbocycles. The van der Waals surface area contributed by atoms with Gasteiger partial charge in [0.15, 0.2) is 0 Å². The lowest BCUT2D eigenvalue weighted by Crippen LogP contribution is -2.18. The fraction of sp³-hybridized carbons (Fsp3) is 0.167. The molecule has 1 aromatic heterocycles. The normalized spacial score (nSPS) is 11.1. The van der Waals surface area contributed by atoms with Crippen LogP contribution >= 0.6 is 34.9 Å². The van der Waals surface area contributed by atoms with Gasteiger partial charge < -0.3 is 9.47 Å². The number of rotatable bonds is 10. The molecule has 2 aromatic carbocycles. The summed E-state index contributed by atoms with van der Waals surface area (Å²) < 4.78 is 12.3. The third-order valence-corrected chi connectivity index (χ3v) is 8.20. The lowest BCUT2D eigenvalue weighted by atomic mass is 10.2. The fourth-order valence-electron chi connectivity index (χ4n) is 2.89. The third-order valence-electron chi connectivity index (χ3n) is 4.71. The van der Waals surface area contributed by atoms with Gasteiger partial charge >= 0.3 is 0 Å². The van der Waals surface area contributed by atoms with E-state index in [1.54, 1.807) is 110 Å². The Kier molecular flexibility index (Phi) is 9.76. The highest BCUT2D eigenvalue weighted by Crippen LogP contribution is 2.38. The van der Waals surface area contributed by atoms with Crippen LogP contribution in [0.3, 0.4) is 0 Å². The summed E-state index contributed by atoms with van der Waals surface area (Å²) in [7, 11) is 3.13. The highest BCUT2D eigenvalue weighted by Gasteiger charge is 2.15. The fourth-order valence-corrected chi connectivity index (χ4v) is 5.69. The molecule has 0 unspecified atom stereocenters. The van der Waals surface area contributed by atoms with E-state index in [1.807, 2.05) is 12.5 Å². The van der Waals surface area contributed by atoms with Gasteiger partial charge in [0, 0.05) is 22.3 Å². The Hall–Kier alpha value is -3.28. The summed E-state index contributed by atoms with van der Waals surface area (Å²) in [5, 5.41) is 8.30. The van der Waals surface area contributed by atoms with Crippen LogP contribution in [0.1, 0.15) is 31.8 Å². The second kappa shape index (κ2) is 13.0. The molecule has 0 atom stereocenters. The number of thioether (sulfide) groups is 2. The lowest BCUT2D eigenvalue weighted by molar-refractivity contribution is 0.0947. The number of hydrazone groups is 2. The van der Waals surface area contributed by atoms with Gasteiger partial charge in [0.05, 0.1) is 35.1 Å². The van der Waals surface area contributed by atoms with Gasteiger partial charge in [-0.1, -0.05) is 0 Å². The molecule has 0 fully saturated rings. The molecule has 11 heteroatoms. The molecule has 0 saturated carbocycles. The first-order valence-electron chi connectivity index (χ1n) is 10.2. The van der Waals surface area contributed by atoms with E-state index in [9.17, 15) is 9.59 Å². The van der Waals surface area contributed by atoms with Crippen molar-refractivity contribution in [3.05, 3.63) is 70.8 Å². The zero-order valence-corrected chi connectivity index (χ0v) is 22.0. The number of nitrogens with one attached hydrogen (secondary N) is 2. The first-order chi connectivity index (χ1) is 17.0. The minimum Gasteiger partial charge on any atom is -0.497 e. The topological polar surface area (TPSA) is 101 Å². The van der Waals surface area contributed by atoms with E-state index in [2.05, 4.69) is 21.1 Å². The van der Waals surface area contributed by atoms with Crippen LogP contribution in [-0.4, -0.2) is 51.0 Å². The van der Waals surface area contributed by atoms with Crippen LogP contribution in [0.25, 0.3) is 0 Å². The maximum absolute atomic E-state index is 12.4. The third kappa shape index (κ3) is 6.87. The Morgan fingerprint density at radius 3 is 1.43 bits per heavy atom. The molecule has 0 bridgehead atoms. The minimum atomic E-state index is -0.336. The highest BCUT2D eigenvalue weighted by molar-refractivity contribution is 8.02. The van der Waals surface area contributed by atoms with Crippen molar-refractivity contribution in [2.75, 3.05) is 26.7 Å². The number of amides is 2. The van der Waals surface area contributed by atoms with E-state index in [-0.39, 0.29) is 11.8 Å². The predicted molar refractivity (Wildman–Crippen MR) is 144 cm³/mol. The van der Waals surface area contributed by atoms with Gasteiger partial charge in [-0.25, -0.2) is 10.9 Å². The van der Waals surface area contributed by atoms with E-state index in [0.29, 0.717) is 22.6 Å². The molecule has 2 amide bonds. The lowest BCUT2D eigenvalue weighted by Gasteiger charge is -2.03. The van der Waals surface area contributed by atoms with Gasteiger partial charge in [-0.05, 0) is 61.0 Å². The monoisotopic (exact) mass is 528 g/mol. The van der Waals surface area contributed by atoms with E-state index in [1.165, 1.54) is 0 Å². The smallest absolute Gasteiger partial charge is 0.271 e. The van der Waals surface area contributed by atoms with E-state index >= 15 is 0 Å². The summed E-state index contributed by atoms with van der Waals surface area (Å²) in [6.07, 6.45) is 7.12. The van der Waals surface area contributed by atoms with Crippen molar-refractivity contribution >= 4 is 59.1 Å². The van der Waals surface area contributed by atoms with Crippen LogP contribution in [0.5, 0.6) is 11.5 Å². The number of hydrogen-bond acceptors (Lipinski definition) is 9. The molecule has 0 spiro atoms. The first-order valence-corrected chi connectivity index (χ1v) is 13.5. The second-order valence-corrected chi connectivity index (χ2v) is 9.94. The van der Waals surface area contributed by atoms with Crippen molar-refractivity contribution in [3.8, 4) is 11.5 Å². The van der Waals surface area contributed by atoms with Crippen molar-refractivity contribution in [3.63, 3.8) is 0 Å². The van der Waals surface area contributed by atoms with E-state index in [4.69, 9.17) is 9.47 Å². The molecule has 8 nitrogen and oxygen atoms in total. The zero-order chi connectivity index (χ0) is 25.2. The van der Waals surface area contributed by atoms with Crippen LogP contribution in [0, 0.1) is 0 Å². The predicted octanol–water partition coefficient (Wildman–Crippen LogP) is 4.74. The van der Waals surface area contributed by atoms with Gasteiger partial charge in [-0.15, -0.1) is 34.9 Å². The van der Waals surface area contributed by atoms with Gasteiger partial charge in [-0.3, -0.25) is 9.59 Å². The molecule has 2 N–H and O–H groups in total. The van der Waals surface area contributed by atoms with Gasteiger partial charge in [0.2, 0.25) is 0 Å². The Morgan fingerprint density at radius 1 is 0.743 bits per heavy atom. The number of hydrogen-bond donors (Lipinski definition) is 2. The first kappa shape index (κ1) is 26.3. The Labute approximate surface area is 216 Å². The molecule has 0 aliphatic heterocycles. The average molecular weight is 529 g/mol. The van der Waals surface area contributed by atoms with Crippen LogP contribution in [-0.2, 0) is 0 Å². The molecular formula is C24H24N4O4S3.